The average molecular weight is 186 g/mol. The summed E-state index contributed by atoms with van der Waals surface area (Å²) in [5, 5.41) is 0. The number of nitrogens with zero attached hydrogens (tertiary/aromatic N) is 1. The van der Waals surface area contributed by atoms with Gasteiger partial charge in [0, 0.05) is 24.7 Å². The number of rotatable bonds is 2. The van der Waals surface area contributed by atoms with Gasteiger partial charge in [-0.05, 0) is 27.7 Å². The van der Waals surface area contributed by atoms with Crippen molar-refractivity contribution >= 4 is 0 Å². The van der Waals surface area contributed by atoms with E-state index in [2.05, 4.69) is 32.6 Å². The summed E-state index contributed by atoms with van der Waals surface area (Å²) < 4.78 is 5.58. The molecule has 1 heterocycles. The van der Waals surface area contributed by atoms with Crippen LogP contribution in [0.15, 0.2) is 0 Å². The second-order valence-electron chi connectivity index (χ2n) is 4.66. The van der Waals surface area contributed by atoms with E-state index < -0.39 is 0 Å². The van der Waals surface area contributed by atoms with Gasteiger partial charge in [-0.1, -0.05) is 0 Å². The lowest BCUT2D eigenvalue weighted by Gasteiger charge is -2.46. The van der Waals surface area contributed by atoms with E-state index in [1.165, 1.54) is 0 Å². The Kier molecular flexibility index (Phi) is 3.33. The van der Waals surface area contributed by atoms with Crippen LogP contribution in [0, 0.1) is 0 Å². The van der Waals surface area contributed by atoms with E-state index in [1.54, 1.807) is 0 Å². The van der Waals surface area contributed by atoms with Gasteiger partial charge < -0.3 is 10.5 Å². The van der Waals surface area contributed by atoms with Crippen LogP contribution >= 0.6 is 0 Å². The third-order valence-corrected chi connectivity index (χ3v) is 2.88. The largest absolute Gasteiger partial charge is 0.376 e. The molecule has 78 valence electrons. The molecule has 0 spiro atoms. The summed E-state index contributed by atoms with van der Waals surface area (Å²) in [5.74, 6) is 0. The lowest BCUT2D eigenvalue weighted by molar-refractivity contribution is -0.0838. The topological polar surface area (TPSA) is 38.5 Å². The molecule has 0 amide bonds. The van der Waals surface area contributed by atoms with Gasteiger partial charge in [0.1, 0.15) is 0 Å². The van der Waals surface area contributed by atoms with E-state index in [0.29, 0.717) is 18.7 Å². The second kappa shape index (κ2) is 3.95. The number of nitrogens with two attached hydrogens (primary N) is 1. The summed E-state index contributed by atoms with van der Waals surface area (Å²) in [6.07, 6.45) is 0.335. The predicted molar refractivity (Wildman–Crippen MR) is 54.7 cm³/mol. The van der Waals surface area contributed by atoms with Gasteiger partial charge in [0.2, 0.25) is 0 Å². The Labute approximate surface area is 81.2 Å². The average Bonchev–Trinajstić information content (AvgIpc) is 2.09. The summed E-state index contributed by atoms with van der Waals surface area (Å²) in [7, 11) is 0. The summed E-state index contributed by atoms with van der Waals surface area (Å²) in [5.41, 5.74) is 5.86. The molecule has 3 heteroatoms. The van der Waals surface area contributed by atoms with Gasteiger partial charge in [0.25, 0.3) is 0 Å². The molecule has 0 aliphatic carbocycles. The fourth-order valence-corrected chi connectivity index (χ4v) is 1.86. The highest BCUT2D eigenvalue weighted by Crippen LogP contribution is 2.21. The molecule has 0 saturated carbocycles. The molecule has 0 aromatic carbocycles. The Bertz CT molecular complexity index is 170. The monoisotopic (exact) mass is 186 g/mol. The van der Waals surface area contributed by atoms with Crippen molar-refractivity contribution < 1.29 is 4.74 Å². The Balaban J connectivity index is 2.65. The minimum atomic E-state index is 0.0947. The molecule has 1 aliphatic heterocycles. The fourth-order valence-electron chi connectivity index (χ4n) is 1.86. The molecular formula is C10H22N2O. The van der Waals surface area contributed by atoms with Gasteiger partial charge in [0.05, 0.1) is 12.7 Å². The molecule has 1 aliphatic rings. The zero-order valence-corrected chi connectivity index (χ0v) is 9.21. The van der Waals surface area contributed by atoms with Gasteiger partial charge >= 0.3 is 0 Å². The first-order valence-electron chi connectivity index (χ1n) is 5.06. The van der Waals surface area contributed by atoms with Crippen molar-refractivity contribution in [3.05, 3.63) is 0 Å². The molecular weight excluding hydrogens is 164 g/mol. The molecule has 0 radical (unpaired) electrons. The molecule has 0 aromatic rings. The molecule has 1 rings (SSSR count). The maximum Gasteiger partial charge on any atom is 0.0675 e. The molecule has 2 atom stereocenters. The first-order valence-corrected chi connectivity index (χ1v) is 5.06. The Morgan fingerprint density at radius 2 is 2.08 bits per heavy atom. The van der Waals surface area contributed by atoms with Crippen molar-refractivity contribution in [2.24, 2.45) is 5.73 Å². The van der Waals surface area contributed by atoms with Crippen LogP contribution in [0.3, 0.4) is 0 Å². The standard InChI is InChI=1S/C10H22N2O/c1-8-6-13-9(2)5-12(8)10(3,4)7-11/h8-9H,5-7,11H2,1-4H3. The number of morpholine rings is 1. The summed E-state index contributed by atoms with van der Waals surface area (Å²) in [6, 6.07) is 0.481. The zero-order chi connectivity index (χ0) is 10.1. The van der Waals surface area contributed by atoms with E-state index in [-0.39, 0.29) is 5.54 Å². The second-order valence-corrected chi connectivity index (χ2v) is 4.66. The van der Waals surface area contributed by atoms with Gasteiger partial charge in [-0.2, -0.15) is 0 Å². The SMILES string of the molecule is CC1CN(C(C)(C)CN)C(C)CO1. The zero-order valence-electron chi connectivity index (χ0n) is 9.21. The normalized spacial score (nSPS) is 32.1. The maximum absolute atomic E-state index is 5.76. The highest BCUT2D eigenvalue weighted by atomic mass is 16.5. The molecule has 3 nitrogen and oxygen atoms in total. The van der Waals surface area contributed by atoms with Crippen LogP contribution in [-0.2, 0) is 4.74 Å². The van der Waals surface area contributed by atoms with Crippen LogP contribution in [-0.4, -0.2) is 42.3 Å². The quantitative estimate of drug-likeness (QED) is 0.694. The van der Waals surface area contributed by atoms with Crippen LogP contribution in [0.2, 0.25) is 0 Å². The smallest absolute Gasteiger partial charge is 0.0675 e. The van der Waals surface area contributed by atoms with Crippen molar-refractivity contribution in [2.75, 3.05) is 19.7 Å². The van der Waals surface area contributed by atoms with Crippen molar-refractivity contribution in [3.63, 3.8) is 0 Å². The van der Waals surface area contributed by atoms with Crippen molar-refractivity contribution in [1.29, 1.82) is 0 Å². The van der Waals surface area contributed by atoms with Crippen LogP contribution in [0.25, 0.3) is 0 Å². The lowest BCUT2D eigenvalue weighted by atomic mass is 9.99. The number of ether oxygens (including phenoxy) is 1. The van der Waals surface area contributed by atoms with Crippen LogP contribution in [0.1, 0.15) is 27.7 Å². The van der Waals surface area contributed by atoms with E-state index in [1.807, 2.05) is 0 Å². The lowest BCUT2D eigenvalue weighted by Crippen LogP contribution is -2.59. The van der Waals surface area contributed by atoms with Crippen molar-refractivity contribution in [2.45, 2.75) is 45.4 Å². The Morgan fingerprint density at radius 1 is 1.46 bits per heavy atom. The minimum Gasteiger partial charge on any atom is -0.376 e. The predicted octanol–water partition coefficient (Wildman–Crippen LogP) is 0.833. The minimum absolute atomic E-state index is 0.0947. The van der Waals surface area contributed by atoms with Gasteiger partial charge in [0.15, 0.2) is 0 Å². The molecule has 1 saturated heterocycles. The highest BCUT2D eigenvalue weighted by molar-refractivity contribution is 4.89. The van der Waals surface area contributed by atoms with Crippen LogP contribution in [0.5, 0.6) is 0 Å². The highest BCUT2D eigenvalue weighted by Gasteiger charge is 2.33. The molecule has 2 N–H and O–H groups in total. The summed E-state index contributed by atoms with van der Waals surface area (Å²) in [6.45, 7) is 11.2. The molecule has 0 aromatic heterocycles. The van der Waals surface area contributed by atoms with Crippen molar-refractivity contribution in [3.8, 4) is 0 Å². The summed E-state index contributed by atoms with van der Waals surface area (Å²) >= 11 is 0. The number of hydrogen-bond acceptors (Lipinski definition) is 3. The van der Waals surface area contributed by atoms with E-state index >= 15 is 0 Å². The molecule has 1 fully saturated rings. The molecule has 0 bridgehead atoms. The van der Waals surface area contributed by atoms with Crippen molar-refractivity contribution in [1.82, 2.24) is 4.90 Å². The fraction of sp³-hybridized carbons (Fsp3) is 1.00. The first-order chi connectivity index (χ1) is 5.97. The van der Waals surface area contributed by atoms with E-state index in [9.17, 15) is 0 Å². The van der Waals surface area contributed by atoms with Gasteiger partial charge in [-0.15, -0.1) is 0 Å². The first kappa shape index (κ1) is 11.0. The van der Waals surface area contributed by atoms with E-state index in [0.717, 1.165) is 13.2 Å². The molecule has 13 heavy (non-hydrogen) atoms. The third-order valence-electron chi connectivity index (χ3n) is 2.88. The maximum atomic E-state index is 5.76. The van der Waals surface area contributed by atoms with Crippen LogP contribution < -0.4 is 5.73 Å². The van der Waals surface area contributed by atoms with E-state index in [4.69, 9.17) is 10.5 Å². The van der Waals surface area contributed by atoms with Gasteiger partial charge in [-0.3, -0.25) is 4.90 Å². The Morgan fingerprint density at radius 3 is 2.62 bits per heavy atom. The molecule has 2 unspecified atom stereocenters. The van der Waals surface area contributed by atoms with Gasteiger partial charge in [-0.25, -0.2) is 0 Å². The summed E-state index contributed by atoms with van der Waals surface area (Å²) in [4.78, 5) is 2.45. The van der Waals surface area contributed by atoms with Crippen LogP contribution in [0.4, 0.5) is 0 Å². The number of hydrogen-bond donors (Lipinski definition) is 1. The third kappa shape index (κ3) is 2.42. The Hall–Kier alpha value is -0.120.